The third-order valence-electron chi connectivity index (χ3n) is 3.43. The average Bonchev–Trinajstić information content (AvgIpc) is 2.90. The number of nitrogens with one attached hydrogen (secondary N) is 1. The molecule has 0 spiro atoms. The van der Waals surface area contributed by atoms with Gasteiger partial charge in [0.15, 0.2) is 0 Å². The maximum Gasteiger partial charge on any atom is 0.270 e. The molecular formula is C16H18Br2N2O. The zero-order valence-corrected chi connectivity index (χ0v) is 15.2. The summed E-state index contributed by atoms with van der Waals surface area (Å²) >= 11 is 6.95. The van der Waals surface area contributed by atoms with Crippen LogP contribution in [-0.2, 0) is 0 Å². The van der Waals surface area contributed by atoms with Crippen molar-refractivity contribution in [2.75, 3.05) is 6.54 Å². The van der Waals surface area contributed by atoms with Gasteiger partial charge in [0, 0.05) is 21.7 Å². The lowest BCUT2D eigenvalue weighted by molar-refractivity contribution is 0.0685. The number of carbonyl (C=O) groups excluding carboxylic acids is 1. The van der Waals surface area contributed by atoms with Crippen LogP contribution in [0.4, 0.5) is 0 Å². The summed E-state index contributed by atoms with van der Waals surface area (Å²) in [5.41, 5.74) is 1.72. The number of hydrogen-bond donors (Lipinski definition) is 1. The van der Waals surface area contributed by atoms with Gasteiger partial charge in [-0.2, -0.15) is 0 Å². The molecule has 0 saturated carbocycles. The molecule has 0 aliphatic rings. The minimum Gasteiger partial charge on any atom is -0.356 e. The SMILES string of the molecule is CCCN(C(=O)c1cc(Br)c[nH]1)C(C)c1ccccc1Br. The summed E-state index contributed by atoms with van der Waals surface area (Å²) in [7, 11) is 0. The van der Waals surface area contributed by atoms with Gasteiger partial charge >= 0.3 is 0 Å². The Morgan fingerprint density at radius 3 is 2.62 bits per heavy atom. The van der Waals surface area contributed by atoms with E-state index in [4.69, 9.17) is 0 Å². The van der Waals surface area contributed by atoms with Gasteiger partial charge in [-0.1, -0.05) is 41.1 Å². The molecule has 1 unspecified atom stereocenters. The minimum atomic E-state index is 0.00935. The van der Waals surface area contributed by atoms with Crippen molar-refractivity contribution in [1.82, 2.24) is 9.88 Å². The predicted octanol–water partition coefficient (Wildman–Crippen LogP) is 5.15. The highest BCUT2D eigenvalue weighted by Crippen LogP contribution is 2.29. The van der Waals surface area contributed by atoms with Crippen LogP contribution >= 0.6 is 31.9 Å². The van der Waals surface area contributed by atoms with E-state index >= 15 is 0 Å². The van der Waals surface area contributed by atoms with Crippen LogP contribution in [0.25, 0.3) is 0 Å². The second-order valence-electron chi connectivity index (χ2n) is 4.93. The molecule has 1 amide bonds. The summed E-state index contributed by atoms with van der Waals surface area (Å²) in [4.78, 5) is 17.6. The van der Waals surface area contributed by atoms with Crippen LogP contribution in [-0.4, -0.2) is 22.3 Å². The first-order chi connectivity index (χ1) is 10.0. The molecule has 1 atom stereocenters. The van der Waals surface area contributed by atoms with E-state index in [1.807, 2.05) is 29.2 Å². The Morgan fingerprint density at radius 1 is 1.33 bits per heavy atom. The molecule has 1 aromatic heterocycles. The molecule has 0 radical (unpaired) electrons. The van der Waals surface area contributed by atoms with Gasteiger partial charge in [0.25, 0.3) is 5.91 Å². The van der Waals surface area contributed by atoms with Gasteiger partial charge in [0.05, 0.1) is 6.04 Å². The zero-order chi connectivity index (χ0) is 15.4. The van der Waals surface area contributed by atoms with Crippen LogP contribution in [0.3, 0.4) is 0 Å². The quantitative estimate of drug-likeness (QED) is 0.722. The molecule has 0 bridgehead atoms. The number of amides is 1. The molecule has 3 nitrogen and oxygen atoms in total. The van der Waals surface area contributed by atoms with Gasteiger partial charge in [-0.25, -0.2) is 0 Å². The molecule has 21 heavy (non-hydrogen) atoms. The Balaban J connectivity index is 2.30. The number of carbonyl (C=O) groups is 1. The van der Waals surface area contributed by atoms with Gasteiger partial charge < -0.3 is 9.88 Å². The highest BCUT2D eigenvalue weighted by molar-refractivity contribution is 9.10. The zero-order valence-electron chi connectivity index (χ0n) is 12.1. The number of aromatic amines is 1. The van der Waals surface area contributed by atoms with Gasteiger partial charge in [0.1, 0.15) is 5.69 Å². The number of aromatic nitrogens is 1. The van der Waals surface area contributed by atoms with Crippen LogP contribution in [0.2, 0.25) is 0 Å². The van der Waals surface area contributed by atoms with Crippen molar-refractivity contribution in [3.63, 3.8) is 0 Å². The second kappa shape index (κ2) is 7.27. The van der Waals surface area contributed by atoms with E-state index in [1.165, 1.54) is 0 Å². The lowest BCUT2D eigenvalue weighted by Crippen LogP contribution is -2.34. The fourth-order valence-corrected chi connectivity index (χ4v) is 3.30. The van der Waals surface area contributed by atoms with E-state index < -0.39 is 0 Å². The first-order valence-electron chi connectivity index (χ1n) is 6.94. The molecule has 0 aliphatic carbocycles. The molecule has 2 rings (SSSR count). The number of hydrogen-bond acceptors (Lipinski definition) is 1. The number of H-pyrrole nitrogens is 1. The highest BCUT2D eigenvalue weighted by atomic mass is 79.9. The maximum absolute atomic E-state index is 12.7. The highest BCUT2D eigenvalue weighted by Gasteiger charge is 2.24. The molecular weight excluding hydrogens is 396 g/mol. The van der Waals surface area contributed by atoms with Gasteiger partial charge in [-0.05, 0) is 47.0 Å². The van der Waals surface area contributed by atoms with Crippen LogP contribution in [0.1, 0.15) is 42.4 Å². The van der Waals surface area contributed by atoms with Crippen LogP contribution in [0.5, 0.6) is 0 Å². The molecule has 0 fully saturated rings. The minimum absolute atomic E-state index is 0.00935. The van der Waals surface area contributed by atoms with Crippen molar-refractivity contribution in [2.45, 2.75) is 26.3 Å². The molecule has 1 N–H and O–H groups in total. The summed E-state index contributed by atoms with van der Waals surface area (Å²) < 4.78 is 1.91. The fourth-order valence-electron chi connectivity index (χ4n) is 2.34. The van der Waals surface area contributed by atoms with Crippen LogP contribution in [0.15, 0.2) is 45.5 Å². The van der Waals surface area contributed by atoms with E-state index in [-0.39, 0.29) is 11.9 Å². The largest absolute Gasteiger partial charge is 0.356 e. The van der Waals surface area contributed by atoms with E-state index in [0.717, 1.165) is 27.5 Å². The topological polar surface area (TPSA) is 36.1 Å². The van der Waals surface area contributed by atoms with E-state index in [1.54, 1.807) is 6.20 Å². The normalized spacial score (nSPS) is 12.2. The van der Waals surface area contributed by atoms with E-state index in [0.29, 0.717) is 5.69 Å². The Hall–Kier alpha value is -1.07. The number of rotatable bonds is 5. The van der Waals surface area contributed by atoms with Crippen molar-refractivity contribution in [3.05, 3.63) is 56.7 Å². The van der Waals surface area contributed by atoms with Crippen LogP contribution < -0.4 is 0 Å². The molecule has 1 heterocycles. The van der Waals surface area contributed by atoms with Crippen LogP contribution in [0, 0.1) is 0 Å². The third-order valence-corrected chi connectivity index (χ3v) is 4.61. The maximum atomic E-state index is 12.7. The lowest BCUT2D eigenvalue weighted by Gasteiger charge is -2.29. The van der Waals surface area contributed by atoms with Crippen molar-refractivity contribution in [3.8, 4) is 0 Å². The number of halogens is 2. The van der Waals surface area contributed by atoms with Gasteiger partial charge in [0.2, 0.25) is 0 Å². The summed E-state index contributed by atoms with van der Waals surface area (Å²) in [6.07, 6.45) is 2.70. The second-order valence-corrected chi connectivity index (χ2v) is 6.70. The van der Waals surface area contributed by atoms with Crippen molar-refractivity contribution >= 4 is 37.8 Å². The molecule has 0 saturated heterocycles. The Bertz CT molecular complexity index is 624. The number of nitrogens with zero attached hydrogens (tertiary/aromatic N) is 1. The fraction of sp³-hybridized carbons (Fsp3) is 0.312. The smallest absolute Gasteiger partial charge is 0.270 e. The van der Waals surface area contributed by atoms with Crippen molar-refractivity contribution < 1.29 is 4.79 Å². The summed E-state index contributed by atoms with van der Waals surface area (Å²) in [6.45, 7) is 4.86. The summed E-state index contributed by atoms with van der Waals surface area (Å²) in [5, 5.41) is 0. The van der Waals surface area contributed by atoms with Gasteiger partial charge in [-0.15, -0.1) is 0 Å². The molecule has 0 aliphatic heterocycles. The standard InChI is InChI=1S/C16H18Br2N2O/c1-3-8-20(16(21)15-9-12(17)10-19-15)11(2)13-6-4-5-7-14(13)18/h4-7,9-11,19H,3,8H2,1-2H3. The summed E-state index contributed by atoms with van der Waals surface area (Å²) in [5.74, 6) is 0.0193. The Morgan fingerprint density at radius 2 is 2.05 bits per heavy atom. The lowest BCUT2D eigenvalue weighted by atomic mass is 10.1. The summed E-state index contributed by atoms with van der Waals surface area (Å²) in [6, 6.07) is 9.86. The Kier molecular flexibility index (Phi) is 5.65. The molecule has 112 valence electrons. The molecule has 1 aromatic carbocycles. The molecule has 5 heteroatoms. The Labute approximate surface area is 142 Å². The monoisotopic (exact) mass is 412 g/mol. The predicted molar refractivity (Wildman–Crippen MR) is 92.4 cm³/mol. The average molecular weight is 414 g/mol. The van der Waals surface area contributed by atoms with E-state index in [2.05, 4.69) is 56.8 Å². The first-order valence-corrected chi connectivity index (χ1v) is 8.52. The van der Waals surface area contributed by atoms with E-state index in [9.17, 15) is 4.79 Å². The first kappa shape index (κ1) is 16.3. The van der Waals surface area contributed by atoms with Crippen molar-refractivity contribution in [2.24, 2.45) is 0 Å². The van der Waals surface area contributed by atoms with Gasteiger partial charge in [-0.3, -0.25) is 4.79 Å². The third kappa shape index (κ3) is 3.77. The van der Waals surface area contributed by atoms with Crippen molar-refractivity contribution in [1.29, 1.82) is 0 Å². The molecule has 2 aromatic rings. The number of benzene rings is 1.